The quantitative estimate of drug-likeness (QED) is 0.822. The number of piperidine rings is 1. The predicted octanol–water partition coefficient (Wildman–Crippen LogP) is 1.53. The molecular formula is C14H23N3O. The van der Waals surface area contributed by atoms with Gasteiger partial charge in [-0.15, -0.1) is 0 Å². The molecule has 0 aromatic carbocycles. The predicted molar refractivity (Wildman–Crippen MR) is 69.7 cm³/mol. The SMILES string of the molecule is CCN1CCC(CNC(=O)C2(C#N)CCC2)CC1. The van der Waals surface area contributed by atoms with Crippen molar-refractivity contribution in [3.63, 3.8) is 0 Å². The number of carbonyl (C=O) groups excluding carboxylic acids is 1. The van der Waals surface area contributed by atoms with Gasteiger partial charge in [-0.1, -0.05) is 6.92 Å². The van der Waals surface area contributed by atoms with E-state index in [-0.39, 0.29) is 5.91 Å². The number of carbonyl (C=O) groups is 1. The molecule has 1 heterocycles. The van der Waals surface area contributed by atoms with Crippen LogP contribution in [0.3, 0.4) is 0 Å². The highest BCUT2D eigenvalue weighted by molar-refractivity contribution is 5.86. The van der Waals surface area contributed by atoms with Gasteiger partial charge in [-0.05, 0) is 57.7 Å². The molecule has 0 atom stereocenters. The van der Waals surface area contributed by atoms with E-state index in [2.05, 4.69) is 23.2 Å². The molecular weight excluding hydrogens is 226 g/mol. The Morgan fingerprint density at radius 1 is 1.44 bits per heavy atom. The molecule has 0 radical (unpaired) electrons. The van der Waals surface area contributed by atoms with Gasteiger partial charge in [-0.2, -0.15) is 5.26 Å². The first-order valence-corrected chi connectivity index (χ1v) is 7.12. The fourth-order valence-electron chi connectivity index (χ4n) is 2.83. The van der Waals surface area contributed by atoms with E-state index in [9.17, 15) is 4.79 Å². The van der Waals surface area contributed by atoms with Crippen LogP contribution in [0.2, 0.25) is 0 Å². The number of hydrogen-bond donors (Lipinski definition) is 1. The molecule has 100 valence electrons. The summed E-state index contributed by atoms with van der Waals surface area (Å²) in [5, 5.41) is 12.1. The van der Waals surface area contributed by atoms with Gasteiger partial charge in [0, 0.05) is 6.54 Å². The summed E-state index contributed by atoms with van der Waals surface area (Å²) in [6.45, 7) is 6.34. The molecule has 1 saturated heterocycles. The molecule has 1 aliphatic carbocycles. The number of nitriles is 1. The van der Waals surface area contributed by atoms with Gasteiger partial charge in [0.2, 0.25) is 5.91 Å². The van der Waals surface area contributed by atoms with Crippen LogP contribution in [0.15, 0.2) is 0 Å². The fourth-order valence-corrected chi connectivity index (χ4v) is 2.83. The van der Waals surface area contributed by atoms with Gasteiger partial charge in [-0.25, -0.2) is 0 Å². The second-order valence-corrected chi connectivity index (χ2v) is 5.64. The lowest BCUT2D eigenvalue weighted by atomic mass is 9.69. The maximum Gasteiger partial charge on any atom is 0.240 e. The first-order chi connectivity index (χ1) is 8.70. The second-order valence-electron chi connectivity index (χ2n) is 5.64. The zero-order valence-electron chi connectivity index (χ0n) is 11.2. The summed E-state index contributed by atoms with van der Waals surface area (Å²) in [6.07, 6.45) is 4.81. The van der Waals surface area contributed by atoms with Gasteiger partial charge in [0.05, 0.1) is 6.07 Å². The third kappa shape index (κ3) is 2.67. The summed E-state index contributed by atoms with van der Waals surface area (Å²) in [6, 6.07) is 2.20. The second kappa shape index (κ2) is 5.71. The zero-order chi connectivity index (χ0) is 13.0. The van der Waals surface area contributed by atoms with E-state index < -0.39 is 5.41 Å². The Labute approximate surface area is 109 Å². The summed E-state index contributed by atoms with van der Waals surface area (Å²) in [5.74, 6) is 0.557. The van der Waals surface area contributed by atoms with Crippen molar-refractivity contribution in [3.8, 4) is 6.07 Å². The molecule has 1 saturated carbocycles. The van der Waals surface area contributed by atoms with E-state index in [4.69, 9.17) is 5.26 Å². The Morgan fingerprint density at radius 2 is 2.11 bits per heavy atom. The molecule has 4 nitrogen and oxygen atoms in total. The van der Waals surface area contributed by atoms with E-state index in [1.165, 1.54) is 0 Å². The Hall–Kier alpha value is -1.08. The van der Waals surface area contributed by atoms with Crippen molar-refractivity contribution in [2.24, 2.45) is 11.3 Å². The summed E-state index contributed by atoms with van der Waals surface area (Å²) in [7, 11) is 0. The molecule has 1 amide bonds. The summed E-state index contributed by atoms with van der Waals surface area (Å²) in [4.78, 5) is 14.4. The molecule has 0 aromatic heterocycles. The van der Waals surface area contributed by atoms with Crippen molar-refractivity contribution in [3.05, 3.63) is 0 Å². The number of hydrogen-bond acceptors (Lipinski definition) is 3. The molecule has 2 aliphatic rings. The normalized spacial score (nSPS) is 24.0. The molecule has 0 unspecified atom stereocenters. The van der Waals surface area contributed by atoms with Crippen LogP contribution < -0.4 is 5.32 Å². The van der Waals surface area contributed by atoms with Crippen LogP contribution in [-0.2, 0) is 4.79 Å². The number of rotatable bonds is 4. The Kier molecular flexibility index (Phi) is 4.23. The molecule has 0 aromatic rings. The summed E-state index contributed by atoms with van der Waals surface area (Å²) in [5.41, 5.74) is -0.690. The van der Waals surface area contributed by atoms with Crippen LogP contribution in [0.1, 0.15) is 39.0 Å². The third-order valence-electron chi connectivity index (χ3n) is 4.56. The average molecular weight is 249 g/mol. The molecule has 1 aliphatic heterocycles. The van der Waals surface area contributed by atoms with Crippen molar-refractivity contribution in [2.45, 2.75) is 39.0 Å². The van der Waals surface area contributed by atoms with Gasteiger partial charge in [0.1, 0.15) is 5.41 Å². The van der Waals surface area contributed by atoms with Crippen molar-refractivity contribution in [2.75, 3.05) is 26.2 Å². The molecule has 2 rings (SSSR count). The lowest BCUT2D eigenvalue weighted by Crippen LogP contribution is -2.47. The van der Waals surface area contributed by atoms with Crippen LogP contribution in [0.5, 0.6) is 0 Å². The van der Waals surface area contributed by atoms with E-state index in [1.807, 2.05) is 0 Å². The Morgan fingerprint density at radius 3 is 2.56 bits per heavy atom. The van der Waals surface area contributed by atoms with Crippen LogP contribution in [-0.4, -0.2) is 37.0 Å². The molecule has 18 heavy (non-hydrogen) atoms. The molecule has 2 fully saturated rings. The first-order valence-electron chi connectivity index (χ1n) is 7.12. The van der Waals surface area contributed by atoms with Crippen molar-refractivity contribution >= 4 is 5.91 Å². The average Bonchev–Trinajstić information content (AvgIpc) is 2.36. The largest absolute Gasteiger partial charge is 0.354 e. The highest BCUT2D eigenvalue weighted by atomic mass is 16.2. The van der Waals surface area contributed by atoms with Crippen LogP contribution in [0.25, 0.3) is 0 Å². The van der Waals surface area contributed by atoms with Crippen LogP contribution in [0, 0.1) is 22.7 Å². The standard InChI is InChI=1S/C14H23N3O/c1-2-17-8-4-12(5-9-17)10-16-13(18)14(11-15)6-3-7-14/h12H,2-10H2,1H3,(H,16,18). The summed E-state index contributed by atoms with van der Waals surface area (Å²) < 4.78 is 0. The minimum absolute atomic E-state index is 0.0332. The van der Waals surface area contributed by atoms with Crippen molar-refractivity contribution < 1.29 is 4.79 Å². The van der Waals surface area contributed by atoms with Crippen LogP contribution >= 0.6 is 0 Å². The van der Waals surface area contributed by atoms with Gasteiger partial charge in [-0.3, -0.25) is 4.79 Å². The highest BCUT2D eigenvalue weighted by Crippen LogP contribution is 2.40. The number of amides is 1. The van der Waals surface area contributed by atoms with Crippen molar-refractivity contribution in [1.82, 2.24) is 10.2 Å². The van der Waals surface area contributed by atoms with Crippen molar-refractivity contribution in [1.29, 1.82) is 5.26 Å². The van der Waals surface area contributed by atoms with Gasteiger partial charge < -0.3 is 10.2 Å². The first kappa shape index (κ1) is 13.4. The zero-order valence-corrected chi connectivity index (χ0v) is 11.2. The van der Waals surface area contributed by atoms with Crippen LogP contribution in [0.4, 0.5) is 0 Å². The maximum atomic E-state index is 12.0. The van der Waals surface area contributed by atoms with Gasteiger partial charge >= 0.3 is 0 Å². The fraction of sp³-hybridized carbons (Fsp3) is 0.857. The number of nitrogens with one attached hydrogen (secondary N) is 1. The maximum absolute atomic E-state index is 12.0. The third-order valence-corrected chi connectivity index (χ3v) is 4.56. The lowest BCUT2D eigenvalue weighted by molar-refractivity contribution is -0.132. The number of nitrogens with zero attached hydrogens (tertiary/aromatic N) is 2. The minimum Gasteiger partial charge on any atom is -0.354 e. The molecule has 0 bridgehead atoms. The highest BCUT2D eigenvalue weighted by Gasteiger charge is 2.44. The molecule has 0 spiro atoms. The Bertz CT molecular complexity index is 335. The Balaban J connectivity index is 1.72. The van der Waals surface area contributed by atoms with Gasteiger partial charge in [0.15, 0.2) is 0 Å². The molecule has 1 N–H and O–H groups in total. The van der Waals surface area contributed by atoms with E-state index in [1.54, 1.807) is 0 Å². The monoisotopic (exact) mass is 249 g/mol. The van der Waals surface area contributed by atoms with E-state index in [0.29, 0.717) is 5.92 Å². The topological polar surface area (TPSA) is 56.1 Å². The molecule has 4 heteroatoms. The smallest absolute Gasteiger partial charge is 0.240 e. The minimum atomic E-state index is -0.690. The summed E-state index contributed by atoms with van der Waals surface area (Å²) >= 11 is 0. The number of likely N-dealkylation sites (tertiary alicyclic amines) is 1. The lowest BCUT2D eigenvalue weighted by Gasteiger charge is -2.35. The van der Waals surface area contributed by atoms with Gasteiger partial charge in [0.25, 0.3) is 0 Å². The van der Waals surface area contributed by atoms with E-state index in [0.717, 1.165) is 58.3 Å². The van der Waals surface area contributed by atoms with E-state index >= 15 is 0 Å².